The van der Waals surface area contributed by atoms with Crippen LogP contribution in [0.15, 0.2) is 36.7 Å². The molecule has 1 fully saturated rings. The van der Waals surface area contributed by atoms with Crippen LogP contribution in [0.2, 0.25) is 0 Å². The Morgan fingerprint density at radius 3 is 2.21 bits per heavy atom. The van der Waals surface area contributed by atoms with E-state index in [9.17, 15) is 0 Å². The lowest BCUT2D eigenvalue weighted by atomic mass is 9.87. The minimum absolute atomic E-state index is 0.292. The second-order valence-electron chi connectivity index (χ2n) is 11.3. The number of benzene rings is 2. The molecule has 2 atom stereocenters. The topological polar surface area (TPSA) is 99.9 Å². The summed E-state index contributed by atoms with van der Waals surface area (Å²) in [4.78, 5) is 16.3. The van der Waals surface area contributed by atoms with Crippen LogP contribution in [0, 0.1) is 11.8 Å². The van der Waals surface area contributed by atoms with Gasteiger partial charge in [-0.25, -0.2) is 9.97 Å². The molecule has 8 nitrogen and oxygen atoms in total. The third-order valence-corrected chi connectivity index (χ3v) is 7.76. The van der Waals surface area contributed by atoms with Gasteiger partial charge in [0.05, 0.1) is 36.4 Å². The number of nitrogens with zero attached hydrogens (tertiary/aromatic N) is 2. The van der Waals surface area contributed by atoms with Crippen LogP contribution in [0.25, 0.3) is 33.6 Å². The maximum absolute atomic E-state index is 6.34. The Hall–Kier alpha value is -3.62. The van der Waals surface area contributed by atoms with Crippen molar-refractivity contribution >= 4 is 0 Å². The van der Waals surface area contributed by atoms with E-state index in [0.717, 1.165) is 94.0 Å². The van der Waals surface area contributed by atoms with E-state index in [4.69, 9.17) is 9.47 Å². The van der Waals surface area contributed by atoms with E-state index in [1.807, 2.05) is 12.4 Å². The zero-order chi connectivity index (χ0) is 25.8. The Morgan fingerprint density at radius 2 is 1.58 bits per heavy atom. The number of imidazole rings is 2. The molecule has 2 aromatic carbocycles. The van der Waals surface area contributed by atoms with Crippen molar-refractivity contribution in [2.24, 2.45) is 11.8 Å². The number of H-pyrrole nitrogens is 2. The molecule has 4 N–H and O–H groups in total. The highest BCUT2D eigenvalue weighted by Crippen LogP contribution is 2.50. The predicted molar refractivity (Wildman–Crippen MR) is 147 cm³/mol. The van der Waals surface area contributed by atoms with Crippen molar-refractivity contribution in [2.45, 2.75) is 53.0 Å². The Bertz CT molecular complexity index is 1450. The minimum atomic E-state index is 0.292. The maximum Gasteiger partial charge on any atom is 0.128 e. The Balaban J connectivity index is 1.18. The van der Waals surface area contributed by atoms with E-state index >= 15 is 0 Å². The van der Waals surface area contributed by atoms with E-state index < -0.39 is 0 Å². The van der Waals surface area contributed by atoms with Gasteiger partial charge in [0.15, 0.2) is 0 Å². The van der Waals surface area contributed by atoms with Crippen molar-refractivity contribution in [3.8, 4) is 45.1 Å². The second-order valence-corrected chi connectivity index (χ2v) is 11.3. The average Bonchev–Trinajstić information content (AvgIpc) is 3.68. The Labute approximate surface area is 222 Å². The highest BCUT2D eigenvalue weighted by Gasteiger charge is 2.30. The van der Waals surface area contributed by atoms with Gasteiger partial charge in [0.25, 0.3) is 0 Å². The molecule has 0 spiro atoms. The monoisotopic (exact) mass is 510 g/mol. The van der Waals surface area contributed by atoms with Crippen LogP contribution in [-0.4, -0.2) is 33.0 Å². The van der Waals surface area contributed by atoms with Gasteiger partial charge in [-0.3, -0.25) is 0 Å². The highest BCUT2D eigenvalue weighted by molar-refractivity contribution is 5.88. The van der Waals surface area contributed by atoms with Gasteiger partial charge in [0.2, 0.25) is 0 Å². The third kappa shape index (κ3) is 4.18. The zero-order valence-electron chi connectivity index (χ0n) is 22.1. The fourth-order valence-electron chi connectivity index (χ4n) is 5.85. The first-order chi connectivity index (χ1) is 18.5. The smallest absolute Gasteiger partial charge is 0.128 e. The summed E-state index contributed by atoms with van der Waals surface area (Å²) in [6.45, 7) is 10.4. The van der Waals surface area contributed by atoms with Crippen LogP contribution in [0.3, 0.4) is 0 Å². The first kappa shape index (κ1) is 23.5. The summed E-state index contributed by atoms with van der Waals surface area (Å²) in [6, 6.07) is 8.96. The molecule has 5 heterocycles. The molecule has 3 aliphatic heterocycles. The molecule has 8 heteroatoms. The van der Waals surface area contributed by atoms with Crippen molar-refractivity contribution in [2.75, 3.05) is 13.1 Å². The number of nitrogens with one attached hydrogen (secondary N) is 4. The molecule has 196 valence electrons. The van der Waals surface area contributed by atoms with Gasteiger partial charge < -0.3 is 30.1 Å². The molecule has 4 aromatic rings. The van der Waals surface area contributed by atoms with Gasteiger partial charge >= 0.3 is 0 Å². The molecule has 0 aliphatic carbocycles. The Kier molecular flexibility index (Phi) is 5.74. The van der Waals surface area contributed by atoms with Gasteiger partial charge in [-0.1, -0.05) is 20.8 Å². The molecule has 2 aromatic heterocycles. The molecule has 1 saturated heterocycles. The van der Waals surface area contributed by atoms with Crippen molar-refractivity contribution in [3.05, 3.63) is 59.4 Å². The van der Waals surface area contributed by atoms with Gasteiger partial charge in [-0.05, 0) is 55.6 Å². The summed E-state index contributed by atoms with van der Waals surface area (Å²) >= 11 is 0. The first-order valence-electron chi connectivity index (χ1n) is 13.6. The number of hydrogen-bond acceptors (Lipinski definition) is 6. The fraction of sp³-hybridized carbons (Fsp3) is 0.400. The van der Waals surface area contributed by atoms with Crippen molar-refractivity contribution in [1.29, 1.82) is 0 Å². The summed E-state index contributed by atoms with van der Waals surface area (Å²) < 4.78 is 12.7. The van der Waals surface area contributed by atoms with E-state index in [1.165, 1.54) is 0 Å². The standard InChI is InChI=1S/C30H34N6O2/c1-16(2)9-31-13-27-33-11-23(35-27)18-5-20-14-38-26-8-19(6-21-15-37-25(7-18)28(20)29(21)26)24-12-34-30(36-24)22-4-17(3)10-32-22/h5-8,11-12,16-17,22,31-32H,4,9-10,13-15H2,1-3H3,(H,33,35)(H,34,36)/t17-,22-/m0/s1. The van der Waals surface area contributed by atoms with Crippen molar-refractivity contribution < 1.29 is 9.47 Å². The van der Waals surface area contributed by atoms with Crippen LogP contribution >= 0.6 is 0 Å². The zero-order valence-corrected chi connectivity index (χ0v) is 22.1. The molecule has 38 heavy (non-hydrogen) atoms. The normalized spacial score (nSPS) is 19.4. The molecule has 0 saturated carbocycles. The number of hydrogen-bond donors (Lipinski definition) is 4. The van der Waals surface area contributed by atoms with Crippen LogP contribution in [0.5, 0.6) is 11.5 Å². The van der Waals surface area contributed by atoms with E-state index in [0.29, 0.717) is 31.1 Å². The molecule has 3 aliphatic rings. The fourth-order valence-corrected chi connectivity index (χ4v) is 5.85. The van der Waals surface area contributed by atoms with Gasteiger partial charge in [0.1, 0.15) is 36.4 Å². The van der Waals surface area contributed by atoms with E-state index in [-0.39, 0.29) is 0 Å². The summed E-state index contributed by atoms with van der Waals surface area (Å²) in [7, 11) is 0. The number of rotatable bonds is 7. The number of aromatic nitrogens is 4. The van der Waals surface area contributed by atoms with Crippen molar-refractivity contribution in [1.82, 2.24) is 30.6 Å². The van der Waals surface area contributed by atoms with Gasteiger partial charge in [-0.15, -0.1) is 0 Å². The largest absolute Gasteiger partial charge is 0.488 e. The average molecular weight is 511 g/mol. The first-order valence-corrected chi connectivity index (χ1v) is 13.6. The summed E-state index contributed by atoms with van der Waals surface area (Å²) in [5, 5.41) is 7.00. The lowest BCUT2D eigenvalue weighted by Gasteiger charge is -2.30. The lowest BCUT2D eigenvalue weighted by molar-refractivity contribution is 0.278. The van der Waals surface area contributed by atoms with Crippen LogP contribution in [0.4, 0.5) is 0 Å². The third-order valence-electron chi connectivity index (χ3n) is 7.76. The SMILES string of the molecule is CC(C)CNCc1ncc(-c2cc3c4c(c2)OCc2cc(-c5cnc([C@@H]6C[C@H](C)CN6)[nH]5)cc(c2-4)OC3)[nH]1. The van der Waals surface area contributed by atoms with Crippen molar-refractivity contribution in [3.63, 3.8) is 0 Å². The second kappa shape index (κ2) is 9.29. The number of ether oxygens (including phenoxy) is 2. The number of aromatic amines is 2. The highest BCUT2D eigenvalue weighted by atomic mass is 16.5. The van der Waals surface area contributed by atoms with E-state index in [2.05, 4.69) is 75.6 Å². The summed E-state index contributed by atoms with van der Waals surface area (Å²) in [5.41, 5.74) is 8.71. The molecule has 0 radical (unpaired) electrons. The summed E-state index contributed by atoms with van der Waals surface area (Å²) in [5.74, 6) is 5.03. The van der Waals surface area contributed by atoms with E-state index in [1.54, 1.807) is 0 Å². The maximum atomic E-state index is 6.34. The molecular weight excluding hydrogens is 476 g/mol. The molecule has 0 amide bonds. The quantitative estimate of drug-likeness (QED) is 0.268. The minimum Gasteiger partial charge on any atom is -0.488 e. The Morgan fingerprint density at radius 1 is 0.921 bits per heavy atom. The predicted octanol–water partition coefficient (Wildman–Crippen LogP) is 5.33. The van der Waals surface area contributed by atoms with Gasteiger partial charge in [0, 0.05) is 33.4 Å². The van der Waals surface area contributed by atoms with Gasteiger partial charge in [-0.2, -0.15) is 0 Å². The molecular formula is C30H34N6O2. The summed E-state index contributed by atoms with van der Waals surface area (Å²) in [6.07, 6.45) is 4.94. The van der Waals surface area contributed by atoms with Crippen LogP contribution in [-0.2, 0) is 19.8 Å². The molecule has 0 bridgehead atoms. The molecule has 0 unspecified atom stereocenters. The van der Waals surface area contributed by atoms with Crippen LogP contribution < -0.4 is 20.1 Å². The lowest BCUT2D eigenvalue weighted by Crippen LogP contribution is -2.19. The van der Waals surface area contributed by atoms with Crippen LogP contribution in [0.1, 0.15) is 56.0 Å². The molecule has 7 rings (SSSR count).